The van der Waals surface area contributed by atoms with Crippen molar-refractivity contribution in [2.24, 2.45) is 11.8 Å². The molecule has 7 heteroatoms. The molecule has 0 aliphatic heterocycles. The maximum Gasteiger partial charge on any atom is 0.317 e. The maximum atomic E-state index is 13.2. The van der Waals surface area contributed by atoms with Crippen LogP contribution in [0.15, 0.2) is 24.3 Å². The predicted molar refractivity (Wildman–Crippen MR) is 115 cm³/mol. The van der Waals surface area contributed by atoms with Gasteiger partial charge in [-0.05, 0) is 66.2 Å². The molecule has 0 saturated heterocycles. The van der Waals surface area contributed by atoms with Crippen LogP contribution in [-0.2, 0) is 23.9 Å². The highest BCUT2D eigenvalue weighted by Crippen LogP contribution is 2.47. The van der Waals surface area contributed by atoms with Crippen LogP contribution >= 0.6 is 0 Å². The normalized spacial score (nSPS) is 26.9. The maximum absolute atomic E-state index is 13.2. The Hall–Kier alpha value is -2.41. The summed E-state index contributed by atoms with van der Waals surface area (Å²) in [5, 5.41) is 11.1. The lowest BCUT2D eigenvalue weighted by molar-refractivity contribution is -0.182. The zero-order valence-corrected chi connectivity index (χ0v) is 19.6. The Balaban J connectivity index is 2.63. The van der Waals surface area contributed by atoms with E-state index in [0.717, 1.165) is 0 Å². The van der Waals surface area contributed by atoms with E-state index in [9.17, 15) is 19.5 Å². The fraction of sp³-hybridized carbons (Fsp3) is 0.625. The minimum atomic E-state index is -1.69. The van der Waals surface area contributed by atoms with Crippen LogP contribution in [0.5, 0.6) is 5.75 Å². The van der Waals surface area contributed by atoms with Crippen molar-refractivity contribution in [3.63, 3.8) is 0 Å². The van der Waals surface area contributed by atoms with Gasteiger partial charge in [0.05, 0.1) is 18.6 Å². The van der Waals surface area contributed by atoms with Crippen LogP contribution in [0.4, 0.5) is 0 Å². The molecule has 0 amide bonds. The zero-order valence-electron chi connectivity index (χ0n) is 19.6. The first-order chi connectivity index (χ1) is 14.1. The third-order valence-corrected chi connectivity index (χ3v) is 5.09. The third kappa shape index (κ3) is 6.06. The van der Waals surface area contributed by atoms with Crippen molar-refractivity contribution in [3.05, 3.63) is 29.8 Å². The first-order valence-electron chi connectivity index (χ1n) is 10.4. The van der Waals surface area contributed by atoms with Gasteiger partial charge in [-0.1, -0.05) is 12.1 Å². The number of methoxy groups -OCH3 is 1. The van der Waals surface area contributed by atoms with E-state index in [4.69, 9.17) is 14.2 Å². The molecule has 0 aromatic heterocycles. The second-order valence-electron chi connectivity index (χ2n) is 10.3. The molecule has 0 unspecified atom stereocenters. The Morgan fingerprint density at radius 1 is 0.968 bits per heavy atom. The van der Waals surface area contributed by atoms with Crippen molar-refractivity contribution in [2.45, 2.75) is 77.6 Å². The molecule has 1 aliphatic rings. The van der Waals surface area contributed by atoms with E-state index in [0.29, 0.717) is 11.3 Å². The van der Waals surface area contributed by atoms with Gasteiger partial charge in [0.25, 0.3) is 0 Å². The number of Topliss-reactive ketones (excluding diaryl/α,β-unsaturated/α-hetero) is 1. The number of hydrogen-bond donors (Lipinski definition) is 1. The molecule has 0 heterocycles. The molecule has 1 N–H and O–H groups in total. The lowest BCUT2D eigenvalue weighted by atomic mass is 9.61. The van der Waals surface area contributed by atoms with E-state index < -0.39 is 52.3 Å². The molecule has 172 valence electrons. The van der Waals surface area contributed by atoms with E-state index in [2.05, 4.69) is 0 Å². The Morgan fingerprint density at radius 3 is 1.90 bits per heavy atom. The average Bonchev–Trinajstić information content (AvgIpc) is 2.56. The van der Waals surface area contributed by atoms with Gasteiger partial charge >= 0.3 is 11.9 Å². The fourth-order valence-corrected chi connectivity index (χ4v) is 3.97. The number of esters is 2. The van der Waals surface area contributed by atoms with Crippen molar-refractivity contribution >= 4 is 17.7 Å². The van der Waals surface area contributed by atoms with Crippen molar-refractivity contribution in [1.82, 2.24) is 0 Å². The average molecular weight is 435 g/mol. The summed E-state index contributed by atoms with van der Waals surface area (Å²) < 4.78 is 16.3. The first kappa shape index (κ1) is 24.9. The number of benzene rings is 1. The molecule has 7 nitrogen and oxygen atoms in total. The zero-order chi connectivity index (χ0) is 23.8. The third-order valence-electron chi connectivity index (χ3n) is 5.09. The van der Waals surface area contributed by atoms with Gasteiger partial charge in [-0.15, -0.1) is 0 Å². The molecule has 1 saturated carbocycles. The molecule has 4 atom stereocenters. The topological polar surface area (TPSA) is 99.1 Å². The highest BCUT2D eigenvalue weighted by molar-refractivity contribution is 6.03. The predicted octanol–water partition coefficient (Wildman–Crippen LogP) is 3.42. The van der Waals surface area contributed by atoms with Gasteiger partial charge in [0.1, 0.15) is 22.9 Å². The standard InChI is InChI=1S/C24H34O7/c1-22(2,3)30-20(26)18-16(25)13-24(7,28)19(21(27)31-23(4,5)6)17(18)14-9-11-15(29-8)12-10-14/h9-12,17-19,28H,13H2,1-8H3/t17-,18+,19+,24+/m0/s1. The van der Waals surface area contributed by atoms with E-state index in [1.165, 1.54) is 14.0 Å². The molecule has 0 spiro atoms. The quantitative estimate of drug-likeness (QED) is 0.573. The highest BCUT2D eigenvalue weighted by atomic mass is 16.6. The number of ketones is 1. The second kappa shape index (κ2) is 8.61. The summed E-state index contributed by atoms with van der Waals surface area (Å²) in [6, 6.07) is 6.74. The number of aliphatic hydroxyl groups is 1. The Morgan fingerprint density at radius 2 is 1.45 bits per heavy atom. The molecule has 0 bridgehead atoms. The molecule has 1 aromatic rings. The van der Waals surface area contributed by atoms with Crippen molar-refractivity contribution < 1.29 is 33.7 Å². The van der Waals surface area contributed by atoms with Crippen LogP contribution < -0.4 is 4.74 Å². The van der Waals surface area contributed by atoms with E-state index in [1.807, 2.05) is 0 Å². The number of carbonyl (C=O) groups excluding carboxylic acids is 3. The van der Waals surface area contributed by atoms with E-state index >= 15 is 0 Å². The van der Waals surface area contributed by atoms with E-state index in [1.54, 1.807) is 65.8 Å². The van der Waals surface area contributed by atoms with Crippen LogP contribution in [0.1, 0.15) is 66.4 Å². The molecule has 1 aliphatic carbocycles. The van der Waals surface area contributed by atoms with Crippen LogP contribution in [-0.4, -0.2) is 46.7 Å². The first-order valence-corrected chi connectivity index (χ1v) is 10.4. The van der Waals surface area contributed by atoms with Gasteiger partial charge < -0.3 is 19.3 Å². The summed E-state index contributed by atoms with van der Waals surface area (Å²) in [5.41, 5.74) is -2.77. The van der Waals surface area contributed by atoms with Gasteiger partial charge in [-0.2, -0.15) is 0 Å². The monoisotopic (exact) mass is 434 g/mol. The minimum absolute atomic E-state index is 0.354. The van der Waals surface area contributed by atoms with Crippen LogP contribution in [0.25, 0.3) is 0 Å². The largest absolute Gasteiger partial charge is 0.497 e. The number of ether oxygens (including phenoxy) is 3. The van der Waals surface area contributed by atoms with Crippen molar-refractivity contribution in [1.29, 1.82) is 0 Å². The second-order valence-corrected chi connectivity index (χ2v) is 10.3. The van der Waals surface area contributed by atoms with Crippen LogP contribution in [0.2, 0.25) is 0 Å². The minimum Gasteiger partial charge on any atom is -0.497 e. The highest BCUT2D eigenvalue weighted by Gasteiger charge is 2.57. The summed E-state index contributed by atoms with van der Waals surface area (Å²) in [7, 11) is 1.52. The molecular weight excluding hydrogens is 400 g/mol. The Kier molecular flexibility index (Phi) is 6.91. The van der Waals surface area contributed by atoms with Crippen LogP contribution in [0.3, 0.4) is 0 Å². The summed E-state index contributed by atoms with van der Waals surface area (Å²) in [6.45, 7) is 11.7. The van der Waals surface area contributed by atoms with Crippen molar-refractivity contribution in [2.75, 3.05) is 7.11 Å². The van der Waals surface area contributed by atoms with E-state index in [-0.39, 0.29) is 6.42 Å². The summed E-state index contributed by atoms with van der Waals surface area (Å²) in [5.74, 6) is -4.62. The molecule has 1 aromatic carbocycles. The fourth-order valence-electron chi connectivity index (χ4n) is 3.97. The number of carbonyl (C=O) groups is 3. The Labute approximate surface area is 184 Å². The van der Waals surface area contributed by atoms with Crippen molar-refractivity contribution in [3.8, 4) is 5.75 Å². The SMILES string of the molecule is COc1ccc([C@H]2[C@H](C(=O)OC(C)(C)C)C(=O)C[C@@](C)(O)[C@H]2C(=O)OC(C)(C)C)cc1. The molecule has 0 radical (unpaired) electrons. The summed E-state index contributed by atoms with van der Waals surface area (Å²) >= 11 is 0. The summed E-state index contributed by atoms with van der Waals surface area (Å²) in [4.78, 5) is 39.4. The molecule has 31 heavy (non-hydrogen) atoms. The Bertz CT molecular complexity index is 825. The van der Waals surface area contributed by atoms with Crippen LogP contribution in [0, 0.1) is 11.8 Å². The lowest BCUT2D eigenvalue weighted by Gasteiger charge is -2.44. The molecule has 1 fully saturated rings. The smallest absolute Gasteiger partial charge is 0.317 e. The number of hydrogen-bond acceptors (Lipinski definition) is 7. The van der Waals surface area contributed by atoms with Gasteiger partial charge in [-0.3, -0.25) is 14.4 Å². The molecular formula is C24H34O7. The van der Waals surface area contributed by atoms with Gasteiger partial charge in [-0.25, -0.2) is 0 Å². The number of rotatable bonds is 4. The summed E-state index contributed by atoms with van der Waals surface area (Å²) in [6.07, 6.45) is -0.354. The van der Waals surface area contributed by atoms with Gasteiger partial charge in [0.2, 0.25) is 0 Å². The van der Waals surface area contributed by atoms with Gasteiger partial charge in [0.15, 0.2) is 5.78 Å². The lowest BCUT2D eigenvalue weighted by Crippen LogP contribution is -2.56. The molecule has 2 rings (SSSR count). The van der Waals surface area contributed by atoms with Gasteiger partial charge in [0, 0.05) is 12.3 Å².